The zero-order valence-electron chi connectivity index (χ0n) is 8.74. The third-order valence-electron chi connectivity index (χ3n) is 1.77. The van der Waals surface area contributed by atoms with Crippen molar-refractivity contribution >= 4 is 15.9 Å². The third kappa shape index (κ3) is 13.0. The van der Waals surface area contributed by atoms with E-state index >= 15 is 0 Å². The first-order valence-corrected chi connectivity index (χ1v) is 5.81. The molecule has 0 aromatic rings. The Morgan fingerprint density at radius 2 is 1.25 bits per heavy atom. The van der Waals surface area contributed by atoms with Crippen molar-refractivity contribution in [2.24, 2.45) is 0 Å². The van der Waals surface area contributed by atoms with E-state index < -0.39 is 6.17 Å². The van der Waals surface area contributed by atoms with Crippen molar-refractivity contribution < 1.29 is 4.39 Å². The molecule has 0 fully saturated rings. The Kier molecular flexibility index (Phi) is 14.2. The Hall–Kier alpha value is 0.410. The predicted molar refractivity (Wildman–Crippen MR) is 58.8 cm³/mol. The molecule has 0 heterocycles. The fraction of sp³-hybridized carbons (Fsp3) is 1.00. The summed E-state index contributed by atoms with van der Waals surface area (Å²) in [5.74, 6) is 0. The molecule has 0 atom stereocenters. The highest BCUT2D eigenvalue weighted by atomic mass is 79.9. The van der Waals surface area contributed by atoms with Crippen LogP contribution < -0.4 is 0 Å². The normalized spacial score (nSPS) is 10.0. The van der Waals surface area contributed by atoms with Gasteiger partial charge in [0.15, 0.2) is 0 Å². The van der Waals surface area contributed by atoms with Gasteiger partial charge in [0.1, 0.15) is 0 Å². The average molecular weight is 241 g/mol. The molecule has 0 unspecified atom stereocenters. The van der Waals surface area contributed by atoms with Crippen LogP contribution >= 0.6 is 15.9 Å². The van der Waals surface area contributed by atoms with Gasteiger partial charge in [0.2, 0.25) is 0 Å². The summed E-state index contributed by atoms with van der Waals surface area (Å²) in [5.41, 5.74) is 0. The minimum absolute atomic E-state index is 0.565. The van der Waals surface area contributed by atoms with E-state index in [0.717, 1.165) is 4.83 Å². The van der Waals surface area contributed by atoms with Gasteiger partial charge in [0, 0.05) is 4.83 Å². The Bertz CT molecular complexity index is 58.2. The third-order valence-corrected chi connectivity index (χ3v) is 3.07. The summed E-state index contributed by atoms with van der Waals surface area (Å²) in [6.07, 6.45) is 3.25. The van der Waals surface area contributed by atoms with Crippen LogP contribution in [-0.4, -0.2) is 11.0 Å². The summed E-state index contributed by atoms with van der Waals surface area (Å²) in [4.78, 5) is 0.748. The largest absolute Gasteiger partial charge is 0.248 e. The first kappa shape index (κ1) is 14.9. The summed E-state index contributed by atoms with van der Waals surface area (Å²) in [5, 5.41) is 0. The Morgan fingerprint density at radius 1 is 0.917 bits per heavy atom. The van der Waals surface area contributed by atoms with Crippen LogP contribution in [0.2, 0.25) is 0 Å². The molecule has 0 rings (SSSR count). The molecule has 12 heavy (non-hydrogen) atoms. The quantitative estimate of drug-likeness (QED) is 0.625. The van der Waals surface area contributed by atoms with Gasteiger partial charge in [0.05, 0.1) is 6.17 Å². The fourth-order valence-electron chi connectivity index (χ4n) is 0.577. The van der Waals surface area contributed by atoms with Crippen molar-refractivity contribution in [3.8, 4) is 0 Å². The van der Waals surface area contributed by atoms with Crippen LogP contribution in [0.25, 0.3) is 0 Å². The molecular formula is C10H22BrF. The SMILES string of the molecule is CCC(Br)CC.CCC(F)CC. The summed E-state index contributed by atoms with van der Waals surface area (Å²) < 4.78 is 11.9. The fourth-order valence-corrected chi connectivity index (χ4v) is 0.577. The number of hydrogen-bond donors (Lipinski definition) is 0. The van der Waals surface area contributed by atoms with Gasteiger partial charge in [-0.25, -0.2) is 4.39 Å². The van der Waals surface area contributed by atoms with Crippen LogP contribution in [0.3, 0.4) is 0 Å². The minimum atomic E-state index is -0.565. The number of rotatable bonds is 4. The Labute approximate surface area is 85.1 Å². The van der Waals surface area contributed by atoms with Crippen molar-refractivity contribution in [3.63, 3.8) is 0 Å². The number of halogens is 2. The molecule has 76 valence electrons. The van der Waals surface area contributed by atoms with E-state index in [9.17, 15) is 4.39 Å². The highest BCUT2D eigenvalue weighted by Gasteiger charge is 1.94. The van der Waals surface area contributed by atoms with Crippen LogP contribution in [0.1, 0.15) is 53.4 Å². The second-order valence-electron chi connectivity index (χ2n) is 2.83. The highest BCUT2D eigenvalue weighted by molar-refractivity contribution is 9.09. The van der Waals surface area contributed by atoms with Crippen LogP contribution in [0.5, 0.6) is 0 Å². The topological polar surface area (TPSA) is 0 Å². The minimum Gasteiger partial charge on any atom is -0.248 e. The molecule has 0 saturated heterocycles. The van der Waals surface area contributed by atoms with E-state index in [2.05, 4.69) is 29.8 Å². The molecule has 0 aromatic carbocycles. The molecule has 0 spiro atoms. The lowest BCUT2D eigenvalue weighted by Gasteiger charge is -1.96. The highest BCUT2D eigenvalue weighted by Crippen LogP contribution is 2.06. The zero-order chi connectivity index (χ0) is 9.98. The van der Waals surface area contributed by atoms with Gasteiger partial charge in [0.25, 0.3) is 0 Å². The van der Waals surface area contributed by atoms with Crippen LogP contribution in [0.15, 0.2) is 0 Å². The average Bonchev–Trinajstić information content (AvgIpc) is 2.16. The van der Waals surface area contributed by atoms with Crippen molar-refractivity contribution in [1.29, 1.82) is 0 Å². The Morgan fingerprint density at radius 3 is 1.25 bits per heavy atom. The van der Waals surface area contributed by atoms with E-state index in [4.69, 9.17) is 0 Å². The molecule has 0 aliphatic heterocycles. The lowest BCUT2D eigenvalue weighted by Crippen LogP contribution is -1.91. The van der Waals surface area contributed by atoms with E-state index in [0.29, 0.717) is 12.8 Å². The maximum atomic E-state index is 11.9. The lowest BCUT2D eigenvalue weighted by molar-refractivity contribution is 0.316. The molecule has 2 heteroatoms. The first-order chi connectivity index (χ1) is 5.62. The number of alkyl halides is 2. The second-order valence-corrected chi connectivity index (χ2v) is 4.12. The lowest BCUT2D eigenvalue weighted by atomic mass is 10.2. The summed E-state index contributed by atoms with van der Waals surface area (Å²) >= 11 is 3.48. The van der Waals surface area contributed by atoms with E-state index in [1.807, 2.05) is 13.8 Å². The van der Waals surface area contributed by atoms with E-state index in [-0.39, 0.29) is 0 Å². The van der Waals surface area contributed by atoms with Gasteiger partial charge in [-0.3, -0.25) is 0 Å². The zero-order valence-corrected chi connectivity index (χ0v) is 10.3. The summed E-state index contributed by atoms with van der Waals surface area (Å²) in [6.45, 7) is 8.08. The van der Waals surface area contributed by atoms with Gasteiger partial charge in [-0.05, 0) is 25.7 Å². The van der Waals surface area contributed by atoms with Gasteiger partial charge in [-0.1, -0.05) is 43.6 Å². The van der Waals surface area contributed by atoms with Crippen molar-refractivity contribution in [3.05, 3.63) is 0 Å². The van der Waals surface area contributed by atoms with Crippen molar-refractivity contribution in [1.82, 2.24) is 0 Å². The van der Waals surface area contributed by atoms with Gasteiger partial charge < -0.3 is 0 Å². The van der Waals surface area contributed by atoms with Gasteiger partial charge in [-0.2, -0.15) is 0 Å². The monoisotopic (exact) mass is 240 g/mol. The maximum Gasteiger partial charge on any atom is 0.0996 e. The van der Waals surface area contributed by atoms with E-state index in [1.54, 1.807) is 0 Å². The molecule has 0 amide bonds. The van der Waals surface area contributed by atoms with Crippen LogP contribution in [-0.2, 0) is 0 Å². The maximum absolute atomic E-state index is 11.9. The molecule has 0 aliphatic carbocycles. The summed E-state index contributed by atoms with van der Waals surface area (Å²) in [7, 11) is 0. The van der Waals surface area contributed by atoms with Gasteiger partial charge >= 0.3 is 0 Å². The van der Waals surface area contributed by atoms with Crippen molar-refractivity contribution in [2.45, 2.75) is 64.4 Å². The molecule has 0 radical (unpaired) electrons. The molecular weight excluding hydrogens is 219 g/mol. The molecule has 0 saturated carbocycles. The summed E-state index contributed by atoms with van der Waals surface area (Å²) in [6, 6.07) is 0. The number of hydrogen-bond acceptors (Lipinski definition) is 0. The second kappa shape index (κ2) is 11.4. The first-order valence-electron chi connectivity index (χ1n) is 4.90. The molecule has 0 aliphatic rings. The predicted octanol–water partition coefficient (Wildman–Crippen LogP) is 4.71. The molecule has 0 N–H and O–H groups in total. The standard InChI is InChI=1S/C5H11Br.C5H11F/c2*1-3-5(6)4-2/h2*5H,3-4H2,1-2H3. The molecule has 0 nitrogen and oxygen atoms in total. The van der Waals surface area contributed by atoms with E-state index in [1.165, 1.54) is 12.8 Å². The molecule has 0 aromatic heterocycles. The van der Waals surface area contributed by atoms with Gasteiger partial charge in [-0.15, -0.1) is 0 Å². The van der Waals surface area contributed by atoms with Crippen LogP contribution in [0, 0.1) is 0 Å². The Balaban J connectivity index is 0. The van der Waals surface area contributed by atoms with Crippen LogP contribution in [0.4, 0.5) is 4.39 Å². The smallest absolute Gasteiger partial charge is 0.0996 e. The van der Waals surface area contributed by atoms with Crippen molar-refractivity contribution in [2.75, 3.05) is 0 Å². The molecule has 0 bridgehead atoms.